The average molecular weight is 251 g/mol. The second-order valence-electron chi connectivity index (χ2n) is 4.63. The van der Waals surface area contributed by atoms with Crippen LogP contribution in [0.2, 0.25) is 0 Å². The Morgan fingerprint density at radius 1 is 1.21 bits per heavy atom. The molecule has 4 heteroatoms. The Labute approximate surface area is 110 Å². The quantitative estimate of drug-likeness (QED) is 0.761. The van der Waals surface area contributed by atoms with Crippen molar-refractivity contribution in [3.8, 4) is 5.69 Å². The molecule has 94 valence electrons. The predicted molar refractivity (Wildman–Crippen MR) is 73.4 cm³/mol. The Bertz CT molecular complexity index is 828. The molecule has 0 saturated heterocycles. The topological polar surface area (TPSA) is 47.2 Å². The Balaban J connectivity index is 2.28. The maximum absolute atomic E-state index is 11.3. The fourth-order valence-electron chi connectivity index (χ4n) is 2.29. The molecule has 2 aromatic rings. The normalized spacial score (nSPS) is 13.3. The molecule has 0 atom stereocenters. The van der Waals surface area contributed by atoms with Crippen LogP contribution in [0.25, 0.3) is 18.3 Å². The minimum absolute atomic E-state index is 0.236. The highest BCUT2D eigenvalue weighted by Gasteiger charge is 2.08. The zero-order valence-electron chi connectivity index (χ0n) is 10.8. The molecule has 0 bridgehead atoms. The summed E-state index contributed by atoms with van der Waals surface area (Å²) in [5.41, 5.74) is 2.86. The van der Waals surface area contributed by atoms with Crippen molar-refractivity contribution in [3.63, 3.8) is 0 Å². The van der Waals surface area contributed by atoms with Crippen LogP contribution in [0.4, 0.5) is 0 Å². The van der Waals surface area contributed by atoms with Gasteiger partial charge in [0.15, 0.2) is 0 Å². The first-order valence-electron chi connectivity index (χ1n) is 6.01. The summed E-state index contributed by atoms with van der Waals surface area (Å²) in [6, 6.07) is 3.91. The van der Waals surface area contributed by atoms with E-state index in [0.717, 1.165) is 28.0 Å². The van der Waals surface area contributed by atoms with Gasteiger partial charge in [-0.3, -0.25) is 4.79 Å². The first-order valence-corrected chi connectivity index (χ1v) is 6.01. The largest absolute Gasteiger partial charge is 0.304 e. The number of hydrogen-bond donors (Lipinski definition) is 0. The number of imidazole rings is 1. The molecular weight excluding hydrogens is 238 g/mol. The molecule has 1 amide bonds. The summed E-state index contributed by atoms with van der Waals surface area (Å²) < 4.78 is 2.01. The third-order valence-electron chi connectivity index (χ3n) is 3.11. The number of nitrogens with zero attached hydrogens (tertiary/aromatic N) is 3. The van der Waals surface area contributed by atoms with Crippen molar-refractivity contribution in [1.82, 2.24) is 9.55 Å². The summed E-state index contributed by atoms with van der Waals surface area (Å²) >= 11 is 0. The van der Waals surface area contributed by atoms with Gasteiger partial charge in [0, 0.05) is 23.5 Å². The van der Waals surface area contributed by atoms with E-state index >= 15 is 0 Å². The van der Waals surface area contributed by atoms with Gasteiger partial charge in [0.2, 0.25) is 0 Å². The van der Waals surface area contributed by atoms with Crippen LogP contribution in [-0.4, -0.2) is 15.5 Å². The van der Waals surface area contributed by atoms with Crippen LogP contribution in [0.3, 0.4) is 0 Å². The van der Waals surface area contributed by atoms with Gasteiger partial charge in [-0.15, -0.1) is 0 Å². The number of rotatable bonds is 1. The summed E-state index contributed by atoms with van der Waals surface area (Å²) in [5, 5.41) is 1.40. The van der Waals surface area contributed by atoms with Crippen molar-refractivity contribution in [3.05, 3.63) is 52.1 Å². The lowest BCUT2D eigenvalue weighted by molar-refractivity contribution is -0.113. The van der Waals surface area contributed by atoms with E-state index in [9.17, 15) is 4.79 Å². The van der Waals surface area contributed by atoms with Crippen molar-refractivity contribution in [2.75, 3.05) is 0 Å². The molecule has 1 aliphatic rings. The molecule has 3 rings (SSSR count). The molecule has 0 fully saturated rings. The molecule has 0 N–H and O–H groups in total. The molecule has 4 nitrogen and oxygen atoms in total. The molecule has 2 heterocycles. The summed E-state index contributed by atoms with van der Waals surface area (Å²) in [5.74, 6) is 0.685. The maximum atomic E-state index is 11.3. The zero-order chi connectivity index (χ0) is 13.6. The lowest BCUT2D eigenvalue weighted by Gasteiger charge is -2.08. The highest BCUT2D eigenvalue weighted by molar-refractivity contribution is 5.94. The van der Waals surface area contributed by atoms with E-state index in [0.29, 0.717) is 5.36 Å². The van der Waals surface area contributed by atoms with Gasteiger partial charge in [0.05, 0.1) is 11.1 Å². The molecule has 0 radical (unpaired) electrons. The fourth-order valence-corrected chi connectivity index (χ4v) is 2.29. The van der Waals surface area contributed by atoms with Crippen LogP contribution in [0, 0.1) is 13.8 Å². The van der Waals surface area contributed by atoms with Crippen molar-refractivity contribution in [2.45, 2.75) is 13.8 Å². The van der Waals surface area contributed by atoms with Crippen molar-refractivity contribution < 1.29 is 4.79 Å². The van der Waals surface area contributed by atoms with Crippen LogP contribution < -0.4 is 10.6 Å². The van der Waals surface area contributed by atoms with Crippen molar-refractivity contribution >= 4 is 18.6 Å². The SMILES string of the molecule is C=c1cc(-n2cc(C)nc2C)cc2c1=NC(=O)C=C2. The minimum atomic E-state index is -0.236. The Kier molecular flexibility index (Phi) is 2.45. The van der Waals surface area contributed by atoms with Crippen LogP contribution in [0.5, 0.6) is 0 Å². The number of fused-ring (bicyclic) bond motifs is 1. The maximum Gasteiger partial charge on any atom is 0.270 e. The van der Waals surface area contributed by atoms with Gasteiger partial charge in [-0.05, 0) is 37.3 Å². The Hall–Kier alpha value is -2.49. The average Bonchev–Trinajstić information content (AvgIpc) is 2.69. The van der Waals surface area contributed by atoms with E-state index < -0.39 is 0 Å². The van der Waals surface area contributed by atoms with E-state index in [1.807, 2.05) is 36.7 Å². The highest BCUT2D eigenvalue weighted by atomic mass is 16.1. The molecule has 1 aromatic carbocycles. The third-order valence-corrected chi connectivity index (χ3v) is 3.11. The molecular formula is C15H13N3O. The van der Waals surface area contributed by atoms with Crippen LogP contribution >= 0.6 is 0 Å². The number of aromatic nitrogens is 2. The zero-order valence-corrected chi connectivity index (χ0v) is 10.8. The molecule has 1 aliphatic heterocycles. The Morgan fingerprint density at radius 2 is 2.00 bits per heavy atom. The van der Waals surface area contributed by atoms with E-state index in [2.05, 4.69) is 16.6 Å². The second kappa shape index (κ2) is 4.02. The van der Waals surface area contributed by atoms with Gasteiger partial charge in [0.25, 0.3) is 5.91 Å². The molecule has 0 spiro atoms. The fraction of sp³-hybridized carbons (Fsp3) is 0.133. The standard InChI is InChI=1S/C15H13N3O/c1-9-6-13(18-8-10(2)16-11(18)3)7-12-4-5-14(19)17-15(9)12/h4-8H,1H2,2-3H3. The smallest absolute Gasteiger partial charge is 0.270 e. The summed E-state index contributed by atoms with van der Waals surface area (Å²) in [7, 11) is 0. The molecule has 1 aromatic heterocycles. The van der Waals surface area contributed by atoms with Crippen LogP contribution in [0.15, 0.2) is 29.4 Å². The van der Waals surface area contributed by atoms with Gasteiger partial charge in [-0.25, -0.2) is 9.98 Å². The third kappa shape index (κ3) is 1.91. The first kappa shape index (κ1) is 11.6. The minimum Gasteiger partial charge on any atom is -0.304 e. The predicted octanol–water partition coefficient (Wildman–Crippen LogP) is 1.07. The van der Waals surface area contributed by atoms with Gasteiger partial charge < -0.3 is 4.57 Å². The van der Waals surface area contributed by atoms with Gasteiger partial charge in [-0.2, -0.15) is 0 Å². The molecule has 0 aliphatic carbocycles. The number of carbonyl (C=O) groups is 1. The molecule has 0 saturated carbocycles. The van der Waals surface area contributed by atoms with Gasteiger partial charge in [-0.1, -0.05) is 6.58 Å². The number of carbonyl (C=O) groups excluding carboxylic acids is 1. The van der Waals surface area contributed by atoms with Crippen LogP contribution in [0.1, 0.15) is 17.1 Å². The second-order valence-corrected chi connectivity index (χ2v) is 4.63. The van der Waals surface area contributed by atoms with E-state index in [1.165, 1.54) is 6.08 Å². The lowest BCUT2D eigenvalue weighted by Crippen LogP contribution is -2.30. The monoisotopic (exact) mass is 251 g/mol. The summed E-state index contributed by atoms with van der Waals surface area (Å²) in [6.45, 7) is 7.89. The summed E-state index contributed by atoms with van der Waals surface area (Å²) in [4.78, 5) is 19.7. The van der Waals surface area contributed by atoms with Crippen molar-refractivity contribution in [1.29, 1.82) is 0 Å². The summed E-state index contributed by atoms with van der Waals surface area (Å²) in [6.07, 6.45) is 5.23. The highest BCUT2D eigenvalue weighted by Crippen LogP contribution is 2.12. The van der Waals surface area contributed by atoms with E-state index in [-0.39, 0.29) is 5.91 Å². The lowest BCUT2D eigenvalue weighted by atomic mass is 10.1. The van der Waals surface area contributed by atoms with Gasteiger partial charge in [0.1, 0.15) is 5.82 Å². The molecule has 0 unspecified atom stereocenters. The van der Waals surface area contributed by atoms with E-state index in [1.54, 1.807) is 6.08 Å². The van der Waals surface area contributed by atoms with Crippen LogP contribution in [-0.2, 0) is 4.79 Å². The van der Waals surface area contributed by atoms with E-state index in [4.69, 9.17) is 0 Å². The number of hydrogen-bond acceptors (Lipinski definition) is 2. The molecule has 19 heavy (non-hydrogen) atoms. The number of aryl methyl sites for hydroxylation is 2. The number of amides is 1. The first-order chi connectivity index (χ1) is 9.04. The Morgan fingerprint density at radius 3 is 2.68 bits per heavy atom. The number of benzene rings is 1. The van der Waals surface area contributed by atoms with Crippen molar-refractivity contribution in [2.24, 2.45) is 4.99 Å². The van der Waals surface area contributed by atoms with Gasteiger partial charge >= 0.3 is 0 Å².